The number of thiophene rings is 1. The zero-order valence-corrected chi connectivity index (χ0v) is 18.7. The molecular formula is C25H31N3OS. The number of fused-ring (bicyclic) bond motifs is 3. The first-order valence-corrected chi connectivity index (χ1v) is 12.4. The van der Waals surface area contributed by atoms with E-state index >= 15 is 0 Å². The molecule has 5 rings (SSSR count). The first kappa shape index (κ1) is 19.8. The van der Waals surface area contributed by atoms with Gasteiger partial charge in [0, 0.05) is 24.5 Å². The van der Waals surface area contributed by atoms with Crippen LogP contribution in [0.25, 0.3) is 10.2 Å². The van der Waals surface area contributed by atoms with Crippen molar-refractivity contribution in [1.82, 2.24) is 9.55 Å². The fourth-order valence-electron chi connectivity index (χ4n) is 5.18. The molecule has 0 atom stereocenters. The van der Waals surface area contributed by atoms with Crippen LogP contribution in [0.15, 0.2) is 35.1 Å². The Hall–Kier alpha value is -2.14. The van der Waals surface area contributed by atoms with Crippen LogP contribution in [0.2, 0.25) is 0 Å². The summed E-state index contributed by atoms with van der Waals surface area (Å²) in [6.45, 7) is 4.88. The summed E-state index contributed by atoms with van der Waals surface area (Å²) in [5.74, 6) is 1.62. The summed E-state index contributed by atoms with van der Waals surface area (Å²) in [5.41, 5.74) is 2.93. The average molecular weight is 422 g/mol. The highest BCUT2D eigenvalue weighted by molar-refractivity contribution is 7.18. The molecule has 1 saturated heterocycles. The summed E-state index contributed by atoms with van der Waals surface area (Å²) < 4.78 is 1.97. The lowest BCUT2D eigenvalue weighted by Gasteiger charge is -2.34. The molecule has 2 aromatic heterocycles. The standard InChI is InChI=1S/C25H31N3OS/c1-2-14-28-24(29)22-20-10-6-7-11-21(20)30-23(22)26-25(28)27-15-12-19(13-16-27)17-18-8-4-3-5-9-18/h3-5,8-9,19H,2,6-7,10-17H2,1H3. The minimum atomic E-state index is 0.197. The predicted molar refractivity (Wildman–Crippen MR) is 126 cm³/mol. The van der Waals surface area contributed by atoms with Crippen molar-refractivity contribution in [3.8, 4) is 0 Å². The number of aromatic nitrogens is 2. The second kappa shape index (κ2) is 8.54. The third-order valence-electron chi connectivity index (χ3n) is 6.77. The van der Waals surface area contributed by atoms with Crippen molar-refractivity contribution < 1.29 is 0 Å². The Morgan fingerprint density at radius 1 is 1.10 bits per heavy atom. The molecule has 158 valence electrons. The molecular weight excluding hydrogens is 390 g/mol. The van der Waals surface area contributed by atoms with Crippen LogP contribution in [0.4, 0.5) is 5.95 Å². The van der Waals surface area contributed by atoms with Crippen LogP contribution in [0.5, 0.6) is 0 Å². The molecule has 0 N–H and O–H groups in total. The Morgan fingerprint density at radius 2 is 1.87 bits per heavy atom. The molecule has 0 spiro atoms. The van der Waals surface area contributed by atoms with Gasteiger partial charge < -0.3 is 4.90 Å². The van der Waals surface area contributed by atoms with E-state index in [0.29, 0.717) is 5.92 Å². The summed E-state index contributed by atoms with van der Waals surface area (Å²) in [6, 6.07) is 10.8. The van der Waals surface area contributed by atoms with Crippen LogP contribution in [-0.4, -0.2) is 22.6 Å². The number of benzene rings is 1. The molecule has 0 radical (unpaired) electrons. The minimum absolute atomic E-state index is 0.197. The minimum Gasteiger partial charge on any atom is -0.342 e. The third kappa shape index (κ3) is 3.68. The summed E-state index contributed by atoms with van der Waals surface area (Å²) >= 11 is 1.77. The van der Waals surface area contributed by atoms with E-state index in [9.17, 15) is 4.79 Å². The highest BCUT2D eigenvalue weighted by Crippen LogP contribution is 2.35. The molecule has 1 aromatic carbocycles. The fraction of sp³-hybridized carbons (Fsp3) is 0.520. The normalized spacial score (nSPS) is 17.4. The molecule has 0 amide bonds. The topological polar surface area (TPSA) is 38.1 Å². The van der Waals surface area contributed by atoms with Crippen molar-refractivity contribution in [2.24, 2.45) is 5.92 Å². The van der Waals surface area contributed by atoms with E-state index in [2.05, 4.69) is 42.2 Å². The SMILES string of the molecule is CCCn1c(N2CCC(Cc3ccccc3)CC2)nc2sc3c(c2c1=O)CCCC3. The quantitative estimate of drug-likeness (QED) is 0.568. The summed E-state index contributed by atoms with van der Waals surface area (Å²) in [5, 5.41) is 0.922. The number of rotatable bonds is 5. The predicted octanol–water partition coefficient (Wildman–Crippen LogP) is 5.21. The zero-order chi connectivity index (χ0) is 20.5. The second-order valence-corrected chi connectivity index (χ2v) is 9.96. The molecule has 4 nitrogen and oxygen atoms in total. The highest BCUT2D eigenvalue weighted by Gasteiger charge is 2.26. The lowest BCUT2D eigenvalue weighted by Crippen LogP contribution is -2.39. The van der Waals surface area contributed by atoms with E-state index in [1.807, 2.05) is 4.57 Å². The molecule has 0 unspecified atom stereocenters. The number of nitrogens with zero attached hydrogens (tertiary/aromatic N) is 3. The smallest absolute Gasteiger partial charge is 0.263 e. The maximum absolute atomic E-state index is 13.5. The van der Waals surface area contributed by atoms with Crippen molar-refractivity contribution in [1.29, 1.82) is 0 Å². The van der Waals surface area contributed by atoms with Gasteiger partial charge in [-0.25, -0.2) is 4.98 Å². The van der Waals surface area contributed by atoms with Crippen molar-refractivity contribution in [3.05, 3.63) is 56.7 Å². The molecule has 5 heteroatoms. The average Bonchev–Trinajstić information content (AvgIpc) is 3.16. The summed E-state index contributed by atoms with van der Waals surface area (Å²) in [6.07, 6.45) is 9.03. The first-order chi connectivity index (χ1) is 14.7. The molecule has 3 aromatic rings. The molecule has 1 fully saturated rings. The van der Waals surface area contributed by atoms with Gasteiger partial charge >= 0.3 is 0 Å². The van der Waals surface area contributed by atoms with Crippen molar-refractivity contribution in [3.63, 3.8) is 0 Å². The zero-order valence-electron chi connectivity index (χ0n) is 17.9. The van der Waals surface area contributed by atoms with E-state index in [4.69, 9.17) is 4.98 Å². The van der Waals surface area contributed by atoms with Gasteiger partial charge in [0.1, 0.15) is 4.83 Å². The first-order valence-electron chi connectivity index (χ1n) is 11.6. The van der Waals surface area contributed by atoms with Crippen molar-refractivity contribution >= 4 is 27.5 Å². The molecule has 1 aliphatic carbocycles. The number of aryl methyl sites for hydroxylation is 2. The van der Waals surface area contributed by atoms with Crippen LogP contribution in [0, 0.1) is 5.92 Å². The van der Waals surface area contributed by atoms with E-state index < -0.39 is 0 Å². The Labute approximate surface area is 182 Å². The van der Waals surface area contributed by atoms with Gasteiger partial charge in [-0.1, -0.05) is 37.3 Å². The van der Waals surface area contributed by atoms with E-state index in [1.54, 1.807) is 11.3 Å². The monoisotopic (exact) mass is 421 g/mol. The largest absolute Gasteiger partial charge is 0.342 e. The van der Waals surface area contributed by atoms with Gasteiger partial charge in [0.05, 0.1) is 5.39 Å². The van der Waals surface area contributed by atoms with E-state index in [0.717, 1.165) is 74.3 Å². The summed E-state index contributed by atoms with van der Waals surface area (Å²) in [7, 11) is 0. The van der Waals surface area contributed by atoms with Crippen molar-refractivity contribution in [2.45, 2.75) is 64.8 Å². The molecule has 30 heavy (non-hydrogen) atoms. The van der Waals surface area contributed by atoms with Crippen LogP contribution in [-0.2, 0) is 25.8 Å². The second-order valence-electron chi connectivity index (χ2n) is 8.88. The fourth-order valence-corrected chi connectivity index (χ4v) is 6.43. The van der Waals surface area contributed by atoms with E-state index in [1.165, 1.54) is 28.8 Å². The Bertz CT molecular complexity index is 1080. The molecule has 2 aliphatic rings. The Balaban J connectivity index is 1.42. The Kier molecular flexibility index (Phi) is 5.64. The summed E-state index contributed by atoms with van der Waals surface area (Å²) in [4.78, 5) is 23.4. The van der Waals surface area contributed by atoms with Crippen molar-refractivity contribution in [2.75, 3.05) is 18.0 Å². The van der Waals surface area contributed by atoms with Crippen LogP contribution in [0.3, 0.4) is 0 Å². The van der Waals surface area contributed by atoms with Gasteiger partial charge in [0.2, 0.25) is 5.95 Å². The number of hydrogen-bond donors (Lipinski definition) is 0. The van der Waals surface area contributed by atoms with E-state index in [-0.39, 0.29) is 5.56 Å². The van der Waals surface area contributed by atoms with Crippen LogP contribution < -0.4 is 10.5 Å². The van der Waals surface area contributed by atoms with Crippen LogP contribution >= 0.6 is 11.3 Å². The maximum atomic E-state index is 13.5. The van der Waals surface area contributed by atoms with Gasteiger partial charge in [-0.3, -0.25) is 9.36 Å². The lowest BCUT2D eigenvalue weighted by molar-refractivity contribution is 0.396. The number of piperidine rings is 1. The number of anilines is 1. The van der Waals surface area contributed by atoms with Crippen LogP contribution in [0.1, 0.15) is 55.0 Å². The highest BCUT2D eigenvalue weighted by atomic mass is 32.1. The lowest BCUT2D eigenvalue weighted by atomic mass is 9.90. The number of hydrogen-bond acceptors (Lipinski definition) is 4. The Morgan fingerprint density at radius 3 is 2.63 bits per heavy atom. The maximum Gasteiger partial charge on any atom is 0.263 e. The van der Waals surface area contributed by atoms with Gasteiger partial charge in [-0.15, -0.1) is 11.3 Å². The molecule has 1 aliphatic heterocycles. The van der Waals surface area contributed by atoms with Gasteiger partial charge in [0.25, 0.3) is 5.56 Å². The molecule has 3 heterocycles. The third-order valence-corrected chi connectivity index (χ3v) is 7.95. The van der Waals surface area contributed by atoms with Gasteiger partial charge in [-0.05, 0) is 68.4 Å². The van der Waals surface area contributed by atoms with Gasteiger partial charge in [0.15, 0.2) is 0 Å². The molecule has 0 bridgehead atoms. The van der Waals surface area contributed by atoms with Gasteiger partial charge in [-0.2, -0.15) is 0 Å². The molecule has 0 saturated carbocycles.